The zero-order chi connectivity index (χ0) is 14.7. The molecule has 0 radical (unpaired) electrons. The van der Waals surface area contributed by atoms with E-state index in [4.69, 9.17) is 0 Å². The maximum Gasteiger partial charge on any atom is 0.253 e. The number of benzene rings is 1. The van der Waals surface area contributed by atoms with Crippen molar-refractivity contribution in [2.24, 2.45) is 0 Å². The summed E-state index contributed by atoms with van der Waals surface area (Å²) in [7, 11) is 1.94. The molecule has 0 atom stereocenters. The van der Waals surface area contributed by atoms with E-state index < -0.39 is 0 Å². The summed E-state index contributed by atoms with van der Waals surface area (Å²) in [5, 5.41) is 0. The first kappa shape index (κ1) is 15.8. The molecule has 0 spiro atoms. The van der Waals surface area contributed by atoms with Crippen molar-refractivity contribution in [2.75, 3.05) is 20.1 Å². The summed E-state index contributed by atoms with van der Waals surface area (Å²) in [4.78, 5) is 16.9. The van der Waals surface area contributed by atoms with E-state index in [9.17, 15) is 4.79 Å². The summed E-state index contributed by atoms with van der Waals surface area (Å²) < 4.78 is 1.11. The van der Waals surface area contributed by atoms with Gasteiger partial charge in [-0.25, -0.2) is 0 Å². The van der Waals surface area contributed by atoms with E-state index in [-0.39, 0.29) is 5.91 Å². The summed E-state index contributed by atoms with van der Waals surface area (Å²) in [6.45, 7) is 6.65. The number of nitrogens with zero attached hydrogens (tertiary/aromatic N) is 2. The molecule has 0 aromatic heterocycles. The van der Waals surface area contributed by atoms with Gasteiger partial charge in [-0.15, -0.1) is 0 Å². The quantitative estimate of drug-likeness (QED) is 0.745. The fourth-order valence-corrected chi connectivity index (χ4v) is 3.32. The van der Waals surface area contributed by atoms with Crippen molar-refractivity contribution in [3.8, 4) is 0 Å². The SMILES string of the molecule is CC(C)N1CCC(N(C)C(=O)c2cccc(I)c2)CC1. The van der Waals surface area contributed by atoms with Gasteiger partial charge in [0.05, 0.1) is 0 Å². The first-order chi connectivity index (χ1) is 9.49. The van der Waals surface area contributed by atoms with Gasteiger partial charge in [-0.05, 0) is 67.5 Å². The molecule has 2 rings (SSSR count). The number of hydrogen-bond donors (Lipinski definition) is 0. The monoisotopic (exact) mass is 386 g/mol. The third-order valence-corrected chi connectivity index (χ3v) is 4.84. The molecule has 20 heavy (non-hydrogen) atoms. The van der Waals surface area contributed by atoms with Gasteiger partial charge in [-0.3, -0.25) is 4.79 Å². The normalized spacial score (nSPS) is 17.4. The maximum atomic E-state index is 12.5. The molecular weight excluding hydrogens is 363 g/mol. The van der Waals surface area contributed by atoms with Crippen LogP contribution in [0.5, 0.6) is 0 Å². The van der Waals surface area contributed by atoms with Crippen LogP contribution < -0.4 is 0 Å². The summed E-state index contributed by atoms with van der Waals surface area (Å²) in [6.07, 6.45) is 2.15. The Morgan fingerprint density at radius 1 is 1.35 bits per heavy atom. The predicted octanol–water partition coefficient (Wildman–Crippen LogP) is 3.24. The second-order valence-electron chi connectivity index (χ2n) is 5.79. The molecule has 110 valence electrons. The van der Waals surface area contributed by atoms with Crippen LogP contribution in [0.15, 0.2) is 24.3 Å². The molecule has 1 saturated heterocycles. The summed E-state index contributed by atoms with van der Waals surface area (Å²) in [5.74, 6) is 0.145. The average Bonchev–Trinajstić information content (AvgIpc) is 2.46. The lowest BCUT2D eigenvalue weighted by molar-refractivity contribution is 0.0615. The third kappa shape index (κ3) is 3.73. The van der Waals surface area contributed by atoms with Crippen LogP contribution >= 0.6 is 22.6 Å². The number of likely N-dealkylation sites (tertiary alicyclic amines) is 1. The third-order valence-electron chi connectivity index (χ3n) is 4.17. The Balaban J connectivity index is 1.98. The molecule has 0 aliphatic carbocycles. The van der Waals surface area contributed by atoms with Crippen molar-refractivity contribution < 1.29 is 4.79 Å². The van der Waals surface area contributed by atoms with Crippen LogP contribution in [-0.4, -0.2) is 47.9 Å². The second-order valence-corrected chi connectivity index (χ2v) is 7.03. The molecule has 1 aliphatic heterocycles. The van der Waals surface area contributed by atoms with Gasteiger partial charge < -0.3 is 9.80 Å². The number of hydrogen-bond acceptors (Lipinski definition) is 2. The van der Waals surface area contributed by atoms with E-state index in [0.29, 0.717) is 12.1 Å². The fraction of sp³-hybridized carbons (Fsp3) is 0.562. The summed E-state index contributed by atoms with van der Waals surface area (Å²) in [5.41, 5.74) is 0.797. The molecule has 1 aliphatic rings. The maximum absolute atomic E-state index is 12.5. The van der Waals surface area contributed by atoms with Crippen LogP contribution in [0, 0.1) is 3.57 Å². The molecule has 1 heterocycles. The van der Waals surface area contributed by atoms with E-state index in [2.05, 4.69) is 41.3 Å². The van der Waals surface area contributed by atoms with Crippen LogP contribution in [0.3, 0.4) is 0 Å². The molecular formula is C16H23IN2O. The van der Waals surface area contributed by atoms with Crippen LogP contribution in [0.2, 0.25) is 0 Å². The molecule has 4 heteroatoms. The van der Waals surface area contributed by atoms with Crippen LogP contribution in [-0.2, 0) is 0 Å². The highest BCUT2D eigenvalue weighted by molar-refractivity contribution is 14.1. The van der Waals surface area contributed by atoms with Crippen molar-refractivity contribution in [3.63, 3.8) is 0 Å². The van der Waals surface area contributed by atoms with Gasteiger partial charge in [0.2, 0.25) is 0 Å². The van der Waals surface area contributed by atoms with Gasteiger partial charge in [0, 0.05) is 41.4 Å². The van der Waals surface area contributed by atoms with Crippen molar-refractivity contribution >= 4 is 28.5 Å². The first-order valence-electron chi connectivity index (χ1n) is 7.26. The van der Waals surface area contributed by atoms with Gasteiger partial charge in [0.25, 0.3) is 5.91 Å². The van der Waals surface area contributed by atoms with E-state index in [0.717, 1.165) is 35.1 Å². The van der Waals surface area contributed by atoms with Crippen LogP contribution in [0.25, 0.3) is 0 Å². The van der Waals surface area contributed by atoms with Gasteiger partial charge >= 0.3 is 0 Å². The molecule has 3 nitrogen and oxygen atoms in total. The number of halogens is 1. The standard InChI is InChI=1S/C16H23IN2O/c1-12(2)19-9-7-15(8-10-19)18(3)16(20)13-5-4-6-14(17)11-13/h4-6,11-12,15H,7-10H2,1-3H3. The van der Waals surface area contributed by atoms with Gasteiger partial charge in [0.15, 0.2) is 0 Å². The molecule has 1 aromatic carbocycles. The lowest BCUT2D eigenvalue weighted by atomic mass is 10.0. The van der Waals surface area contributed by atoms with E-state index in [1.165, 1.54) is 0 Å². The van der Waals surface area contributed by atoms with E-state index in [1.54, 1.807) is 0 Å². The molecule has 1 aromatic rings. The van der Waals surface area contributed by atoms with Crippen molar-refractivity contribution in [2.45, 2.75) is 38.8 Å². The largest absolute Gasteiger partial charge is 0.339 e. The highest BCUT2D eigenvalue weighted by Gasteiger charge is 2.26. The van der Waals surface area contributed by atoms with E-state index >= 15 is 0 Å². The summed E-state index contributed by atoms with van der Waals surface area (Å²) in [6, 6.07) is 8.80. The molecule has 0 saturated carbocycles. The highest BCUT2D eigenvalue weighted by Crippen LogP contribution is 2.19. The Labute approximate surface area is 135 Å². The second kappa shape index (κ2) is 6.89. The number of amides is 1. The fourth-order valence-electron chi connectivity index (χ4n) is 2.78. The number of carbonyl (C=O) groups is 1. The van der Waals surface area contributed by atoms with Crippen molar-refractivity contribution in [3.05, 3.63) is 33.4 Å². The smallest absolute Gasteiger partial charge is 0.253 e. The minimum absolute atomic E-state index is 0.145. The minimum atomic E-state index is 0.145. The lowest BCUT2D eigenvalue weighted by Crippen LogP contribution is -2.47. The zero-order valence-corrected chi connectivity index (χ0v) is 14.6. The number of rotatable bonds is 3. The Bertz CT molecular complexity index is 467. The average molecular weight is 386 g/mol. The Morgan fingerprint density at radius 3 is 2.55 bits per heavy atom. The lowest BCUT2D eigenvalue weighted by Gasteiger charge is -2.38. The minimum Gasteiger partial charge on any atom is -0.339 e. The molecule has 1 fully saturated rings. The molecule has 0 bridgehead atoms. The Kier molecular flexibility index (Phi) is 5.43. The van der Waals surface area contributed by atoms with Crippen molar-refractivity contribution in [1.82, 2.24) is 9.80 Å². The summed E-state index contributed by atoms with van der Waals surface area (Å²) >= 11 is 2.25. The highest BCUT2D eigenvalue weighted by atomic mass is 127. The number of carbonyl (C=O) groups excluding carboxylic acids is 1. The number of piperidine rings is 1. The topological polar surface area (TPSA) is 23.6 Å². The molecule has 1 amide bonds. The Morgan fingerprint density at radius 2 is 2.00 bits per heavy atom. The first-order valence-corrected chi connectivity index (χ1v) is 8.33. The van der Waals surface area contributed by atoms with Crippen molar-refractivity contribution in [1.29, 1.82) is 0 Å². The van der Waals surface area contributed by atoms with Gasteiger partial charge in [0.1, 0.15) is 0 Å². The van der Waals surface area contributed by atoms with Crippen LogP contribution in [0.4, 0.5) is 0 Å². The molecule has 0 unspecified atom stereocenters. The van der Waals surface area contributed by atoms with E-state index in [1.807, 2.05) is 36.2 Å². The molecule has 0 N–H and O–H groups in total. The predicted molar refractivity (Wildman–Crippen MR) is 91.0 cm³/mol. The van der Waals surface area contributed by atoms with Gasteiger partial charge in [-0.1, -0.05) is 6.07 Å². The zero-order valence-electron chi connectivity index (χ0n) is 12.5. The van der Waals surface area contributed by atoms with Crippen LogP contribution in [0.1, 0.15) is 37.0 Å². The van der Waals surface area contributed by atoms with Gasteiger partial charge in [-0.2, -0.15) is 0 Å². The Hall–Kier alpha value is -0.620.